The molecule has 0 aromatic carbocycles. The van der Waals surface area contributed by atoms with Gasteiger partial charge in [-0.05, 0) is 44.6 Å². The summed E-state index contributed by atoms with van der Waals surface area (Å²) >= 11 is 1.44. The summed E-state index contributed by atoms with van der Waals surface area (Å²) < 4.78 is 30.0. The van der Waals surface area contributed by atoms with Gasteiger partial charge in [0.05, 0.1) is 24.3 Å². The number of aryl methyl sites for hydroxylation is 1. The van der Waals surface area contributed by atoms with E-state index in [2.05, 4.69) is 5.32 Å². The Morgan fingerprint density at radius 1 is 1.31 bits per heavy atom. The van der Waals surface area contributed by atoms with Crippen LogP contribution in [0.2, 0.25) is 0 Å². The van der Waals surface area contributed by atoms with E-state index in [0.29, 0.717) is 30.0 Å². The normalized spacial score (nSPS) is 20.6. The Kier molecular flexibility index (Phi) is 5.69. The Bertz CT molecular complexity index is 815. The Labute approximate surface area is 157 Å². The number of carbonyl (C=O) groups is 2. The van der Waals surface area contributed by atoms with Gasteiger partial charge < -0.3 is 10.1 Å². The summed E-state index contributed by atoms with van der Waals surface area (Å²) in [5.41, 5.74) is 1.47. The number of thiophene rings is 1. The number of hydrogen-bond acceptors (Lipinski definition) is 6. The van der Waals surface area contributed by atoms with Gasteiger partial charge in [0.1, 0.15) is 5.00 Å². The maximum Gasteiger partial charge on any atom is 0.341 e. The fourth-order valence-electron chi connectivity index (χ4n) is 3.58. The third-order valence-electron chi connectivity index (χ3n) is 4.86. The third-order valence-corrected chi connectivity index (χ3v) is 7.34. The number of nitrogens with zero attached hydrogens (tertiary/aromatic N) is 1. The lowest BCUT2D eigenvalue weighted by atomic mass is 9.99. The highest BCUT2D eigenvalue weighted by atomic mass is 32.2. The van der Waals surface area contributed by atoms with Crippen LogP contribution in [0.5, 0.6) is 0 Å². The smallest absolute Gasteiger partial charge is 0.341 e. The molecule has 3 rings (SSSR count). The van der Waals surface area contributed by atoms with E-state index in [-0.39, 0.29) is 19.1 Å². The molecule has 1 aromatic rings. The molecule has 1 saturated heterocycles. The van der Waals surface area contributed by atoms with Gasteiger partial charge >= 0.3 is 5.97 Å². The van der Waals surface area contributed by atoms with Crippen molar-refractivity contribution >= 4 is 38.2 Å². The lowest BCUT2D eigenvalue weighted by molar-refractivity contribution is -0.120. The standard InChI is InChI=1S/C17H24N2O5S2/c1-3-24-17(21)14-12-7-4-8-13(12)25-16(14)18-15(20)11-6-5-9-19(10-11)26(2,22)23/h11H,3-10H2,1-2H3,(H,18,20)/t11-/m0/s1. The molecule has 7 nitrogen and oxygen atoms in total. The van der Waals surface area contributed by atoms with E-state index in [1.54, 1.807) is 6.92 Å². The molecular weight excluding hydrogens is 376 g/mol. The molecule has 1 amide bonds. The summed E-state index contributed by atoms with van der Waals surface area (Å²) in [6.07, 6.45) is 5.19. The van der Waals surface area contributed by atoms with Crippen molar-refractivity contribution in [2.24, 2.45) is 5.92 Å². The van der Waals surface area contributed by atoms with Crippen LogP contribution < -0.4 is 5.32 Å². The van der Waals surface area contributed by atoms with Crippen LogP contribution in [-0.4, -0.2) is 50.6 Å². The van der Waals surface area contributed by atoms with Crippen LogP contribution in [0.25, 0.3) is 0 Å². The summed E-state index contributed by atoms with van der Waals surface area (Å²) in [6.45, 7) is 2.67. The monoisotopic (exact) mass is 400 g/mol. The number of fused-ring (bicyclic) bond motifs is 1. The van der Waals surface area contributed by atoms with Gasteiger partial charge in [0.15, 0.2) is 0 Å². The van der Waals surface area contributed by atoms with Crippen molar-refractivity contribution < 1.29 is 22.7 Å². The molecule has 1 aliphatic heterocycles. The van der Waals surface area contributed by atoms with E-state index in [1.807, 2.05) is 0 Å². The Morgan fingerprint density at radius 3 is 2.77 bits per heavy atom. The zero-order valence-electron chi connectivity index (χ0n) is 15.0. The van der Waals surface area contributed by atoms with Gasteiger partial charge in [-0.15, -0.1) is 11.3 Å². The molecule has 1 aliphatic carbocycles. The van der Waals surface area contributed by atoms with Gasteiger partial charge in [-0.1, -0.05) is 0 Å². The topological polar surface area (TPSA) is 92.8 Å². The van der Waals surface area contributed by atoms with Gasteiger partial charge in [-0.2, -0.15) is 0 Å². The zero-order valence-corrected chi connectivity index (χ0v) is 16.7. The van der Waals surface area contributed by atoms with Crippen molar-refractivity contribution in [2.75, 3.05) is 31.3 Å². The SMILES string of the molecule is CCOC(=O)c1c(NC(=O)[C@H]2CCCN(S(C)(=O)=O)C2)sc2c1CCC2. The second kappa shape index (κ2) is 7.66. The molecule has 1 aromatic heterocycles. The maximum absolute atomic E-state index is 12.7. The third kappa shape index (κ3) is 3.94. The number of sulfonamides is 1. The molecule has 0 radical (unpaired) electrons. The molecule has 0 saturated carbocycles. The number of amides is 1. The van der Waals surface area contributed by atoms with E-state index >= 15 is 0 Å². The first-order valence-electron chi connectivity index (χ1n) is 8.89. The number of anilines is 1. The second-order valence-electron chi connectivity index (χ2n) is 6.73. The molecule has 0 unspecified atom stereocenters. The Balaban J connectivity index is 1.78. The highest BCUT2D eigenvalue weighted by molar-refractivity contribution is 7.88. The van der Waals surface area contributed by atoms with Crippen molar-refractivity contribution in [2.45, 2.75) is 39.0 Å². The van der Waals surface area contributed by atoms with Crippen LogP contribution in [0.4, 0.5) is 5.00 Å². The van der Waals surface area contributed by atoms with Gasteiger partial charge in [0.25, 0.3) is 0 Å². The number of carbonyl (C=O) groups excluding carboxylic acids is 2. The quantitative estimate of drug-likeness (QED) is 0.764. The molecule has 1 atom stereocenters. The Hall–Kier alpha value is -1.45. The molecule has 9 heteroatoms. The minimum Gasteiger partial charge on any atom is -0.462 e. The molecule has 1 N–H and O–H groups in total. The van der Waals surface area contributed by atoms with E-state index in [0.717, 1.165) is 36.0 Å². The van der Waals surface area contributed by atoms with E-state index < -0.39 is 21.9 Å². The number of ether oxygens (including phenoxy) is 1. The highest BCUT2D eigenvalue weighted by Crippen LogP contribution is 2.40. The average molecular weight is 401 g/mol. The lowest BCUT2D eigenvalue weighted by Crippen LogP contribution is -2.43. The molecule has 2 heterocycles. The van der Waals surface area contributed by atoms with E-state index in [9.17, 15) is 18.0 Å². The predicted octanol–water partition coefficient (Wildman–Crippen LogP) is 2.02. The van der Waals surface area contributed by atoms with Crippen molar-refractivity contribution in [3.63, 3.8) is 0 Å². The number of esters is 1. The molecule has 1 fully saturated rings. The zero-order chi connectivity index (χ0) is 18.9. The minimum atomic E-state index is -3.31. The van der Waals surface area contributed by atoms with Gasteiger partial charge in [0.2, 0.25) is 15.9 Å². The fraction of sp³-hybridized carbons (Fsp3) is 0.647. The van der Waals surface area contributed by atoms with Crippen LogP contribution in [0.15, 0.2) is 0 Å². The Morgan fingerprint density at radius 2 is 2.08 bits per heavy atom. The maximum atomic E-state index is 12.7. The summed E-state index contributed by atoms with van der Waals surface area (Å²) in [5, 5.41) is 3.41. The van der Waals surface area contributed by atoms with Crippen molar-refractivity contribution in [3.8, 4) is 0 Å². The highest BCUT2D eigenvalue weighted by Gasteiger charge is 2.33. The van der Waals surface area contributed by atoms with Gasteiger partial charge in [0, 0.05) is 18.0 Å². The number of nitrogens with one attached hydrogen (secondary N) is 1. The van der Waals surface area contributed by atoms with E-state index in [1.165, 1.54) is 15.6 Å². The van der Waals surface area contributed by atoms with Crippen LogP contribution >= 0.6 is 11.3 Å². The van der Waals surface area contributed by atoms with Crippen molar-refractivity contribution in [1.82, 2.24) is 4.31 Å². The fourth-order valence-corrected chi connectivity index (χ4v) is 5.77. The summed E-state index contributed by atoms with van der Waals surface area (Å²) in [6, 6.07) is 0. The molecule has 26 heavy (non-hydrogen) atoms. The van der Waals surface area contributed by atoms with Crippen molar-refractivity contribution in [3.05, 3.63) is 16.0 Å². The first kappa shape index (κ1) is 19.3. The predicted molar refractivity (Wildman–Crippen MR) is 100 cm³/mol. The molecule has 0 bridgehead atoms. The van der Waals surface area contributed by atoms with Gasteiger partial charge in [-0.25, -0.2) is 17.5 Å². The van der Waals surface area contributed by atoms with E-state index in [4.69, 9.17) is 4.74 Å². The van der Waals surface area contributed by atoms with Crippen molar-refractivity contribution in [1.29, 1.82) is 0 Å². The molecular formula is C17H24N2O5S2. The van der Waals surface area contributed by atoms with Crippen LogP contribution in [-0.2, 0) is 32.4 Å². The lowest BCUT2D eigenvalue weighted by Gasteiger charge is -2.30. The largest absolute Gasteiger partial charge is 0.462 e. The van der Waals surface area contributed by atoms with Crippen LogP contribution in [0.3, 0.4) is 0 Å². The molecule has 144 valence electrons. The summed E-state index contributed by atoms with van der Waals surface area (Å²) in [7, 11) is -3.31. The number of piperidine rings is 1. The van der Waals surface area contributed by atoms with Crippen LogP contribution in [0, 0.1) is 5.92 Å². The van der Waals surface area contributed by atoms with Crippen LogP contribution in [0.1, 0.15) is 47.0 Å². The second-order valence-corrected chi connectivity index (χ2v) is 9.82. The minimum absolute atomic E-state index is 0.185. The first-order valence-corrected chi connectivity index (χ1v) is 11.6. The average Bonchev–Trinajstić information content (AvgIpc) is 3.14. The first-order chi connectivity index (χ1) is 12.3. The van der Waals surface area contributed by atoms with Gasteiger partial charge in [-0.3, -0.25) is 4.79 Å². The summed E-state index contributed by atoms with van der Waals surface area (Å²) in [4.78, 5) is 26.2. The summed E-state index contributed by atoms with van der Waals surface area (Å²) in [5.74, 6) is -1.04. The molecule has 2 aliphatic rings. The molecule has 0 spiro atoms. The number of hydrogen-bond donors (Lipinski definition) is 1. The number of rotatable bonds is 5.